The Hall–Kier alpha value is -0.990. The van der Waals surface area contributed by atoms with E-state index in [0.717, 1.165) is 38.5 Å². The fourth-order valence-electron chi connectivity index (χ4n) is 3.26. The molecule has 0 aliphatic heterocycles. The van der Waals surface area contributed by atoms with E-state index in [2.05, 4.69) is 12.2 Å². The first-order valence-corrected chi connectivity index (χ1v) is 14.5. The lowest BCUT2D eigenvalue weighted by Crippen LogP contribution is -2.27. The summed E-state index contributed by atoms with van der Waals surface area (Å²) in [6, 6.07) is 0. The summed E-state index contributed by atoms with van der Waals surface area (Å²) >= 11 is 0. The smallest absolute Gasteiger partial charge is 0.463 e. The minimum Gasteiger partial charge on any atom is -0.463 e. The zero-order chi connectivity index (χ0) is 25.5. The highest BCUT2D eigenvalue weighted by Gasteiger charge is 2.23. The Morgan fingerprint density at radius 3 is 1.94 bits per heavy atom. The lowest BCUT2D eigenvalue weighted by Gasteiger charge is -2.15. The third-order valence-corrected chi connectivity index (χ3v) is 6.27. The standard InChI is InChI=1S/C24H48NO8P/c1-3-5-7-8-9-10-11-12-13-15-17-24(28)31-20-22(26)21-33-34(29,30)32-19-18-25-23(27)16-14-6-4-2/h22,26H,3-21H2,1-2H3,(H,25,27)(H,29,30). The first-order chi connectivity index (χ1) is 16.3. The Bertz CT molecular complexity index is 561. The molecule has 0 aliphatic rings. The average molecular weight is 510 g/mol. The number of carbonyl (C=O) groups is 2. The maximum absolute atomic E-state index is 11.8. The number of amides is 1. The van der Waals surface area contributed by atoms with Gasteiger partial charge in [0.05, 0.1) is 13.2 Å². The van der Waals surface area contributed by atoms with Crippen molar-refractivity contribution in [2.45, 2.75) is 116 Å². The van der Waals surface area contributed by atoms with E-state index in [1.165, 1.54) is 44.9 Å². The fraction of sp³-hybridized carbons (Fsp3) is 0.917. The van der Waals surface area contributed by atoms with Gasteiger partial charge in [-0.05, 0) is 12.8 Å². The van der Waals surface area contributed by atoms with Crippen LogP contribution in [0.1, 0.15) is 110 Å². The first kappa shape index (κ1) is 33.0. The number of nitrogens with one attached hydrogen (secondary N) is 1. The summed E-state index contributed by atoms with van der Waals surface area (Å²) in [6.07, 6.45) is 14.0. The molecular weight excluding hydrogens is 461 g/mol. The predicted octanol–water partition coefficient (Wildman–Crippen LogP) is 5.03. The van der Waals surface area contributed by atoms with E-state index in [1.54, 1.807) is 0 Å². The highest BCUT2D eigenvalue weighted by Crippen LogP contribution is 2.42. The Labute approximate surface area is 205 Å². The van der Waals surface area contributed by atoms with Gasteiger partial charge in [-0.3, -0.25) is 18.6 Å². The lowest BCUT2D eigenvalue weighted by atomic mass is 10.1. The molecule has 0 saturated carbocycles. The van der Waals surface area contributed by atoms with E-state index in [9.17, 15) is 24.2 Å². The van der Waals surface area contributed by atoms with Gasteiger partial charge in [-0.1, -0.05) is 84.5 Å². The molecule has 0 aliphatic carbocycles. The van der Waals surface area contributed by atoms with E-state index >= 15 is 0 Å². The van der Waals surface area contributed by atoms with Crippen LogP contribution >= 0.6 is 7.82 Å². The Kier molecular flexibility index (Phi) is 21.8. The van der Waals surface area contributed by atoms with Crippen LogP contribution in [0.3, 0.4) is 0 Å². The van der Waals surface area contributed by atoms with Crippen LogP contribution < -0.4 is 5.32 Å². The fourth-order valence-corrected chi connectivity index (χ4v) is 4.02. The van der Waals surface area contributed by atoms with Crippen molar-refractivity contribution in [1.82, 2.24) is 5.32 Å². The van der Waals surface area contributed by atoms with E-state index in [0.29, 0.717) is 6.42 Å². The SMILES string of the molecule is CCCCCCCCCCCCC(=O)OCC(O)COP(=O)(O)OCCNC(=O)CCCCC. The van der Waals surface area contributed by atoms with E-state index in [4.69, 9.17) is 13.8 Å². The summed E-state index contributed by atoms with van der Waals surface area (Å²) in [7, 11) is -4.37. The molecule has 202 valence electrons. The summed E-state index contributed by atoms with van der Waals surface area (Å²) in [5.74, 6) is -0.544. The zero-order valence-corrected chi connectivity index (χ0v) is 22.2. The average Bonchev–Trinajstić information content (AvgIpc) is 2.80. The highest BCUT2D eigenvalue weighted by atomic mass is 31.2. The molecule has 1 amide bonds. The van der Waals surface area contributed by atoms with Crippen LogP contribution in [0.15, 0.2) is 0 Å². The second-order valence-electron chi connectivity index (χ2n) is 8.67. The number of rotatable bonds is 24. The highest BCUT2D eigenvalue weighted by molar-refractivity contribution is 7.47. The molecule has 0 heterocycles. The third kappa shape index (κ3) is 22.8. The van der Waals surface area contributed by atoms with Gasteiger partial charge in [0, 0.05) is 19.4 Å². The van der Waals surface area contributed by atoms with Gasteiger partial charge < -0.3 is 20.1 Å². The molecule has 0 aromatic carbocycles. The summed E-state index contributed by atoms with van der Waals surface area (Å²) in [5.41, 5.74) is 0. The van der Waals surface area contributed by atoms with Gasteiger partial charge >= 0.3 is 13.8 Å². The van der Waals surface area contributed by atoms with Gasteiger partial charge in [0.15, 0.2) is 0 Å². The quantitative estimate of drug-likeness (QED) is 0.0938. The molecule has 9 nitrogen and oxygen atoms in total. The number of carbonyl (C=O) groups excluding carboxylic acids is 2. The molecule has 0 fully saturated rings. The Morgan fingerprint density at radius 2 is 1.32 bits per heavy atom. The lowest BCUT2D eigenvalue weighted by molar-refractivity contribution is -0.147. The molecule has 0 saturated heterocycles. The third-order valence-electron chi connectivity index (χ3n) is 5.29. The van der Waals surface area contributed by atoms with Crippen molar-refractivity contribution in [3.8, 4) is 0 Å². The number of unbranched alkanes of at least 4 members (excludes halogenated alkanes) is 11. The number of phosphoric acid groups is 1. The van der Waals surface area contributed by atoms with Gasteiger partial charge in [0.25, 0.3) is 0 Å². The van der Waals surface area contributed by atoms with E-state index in [1.807, 2.05) is 6.92 Å². The molecule has 34 heavy (non-hydrogen) atoms. The normalized spacial score (nSPS) is 13.9. The topological polar surface area (TPSA) is 131 Å². The van der Waals surface area contributed by atoms with Gasteiger partial charge in [0.1, 0.15) is 12.7 Å². The maximum Gasteiger partial charge on any atom is 0.472 e. The van der Waals surface area contributed by atoms with Crippen LogP contribution in [0.2, 0.25) is 0 Å². The molecular formula is C24H48NO8P. The number of aliphatic hydroxyl groups excluding tert-OH is 1. The van der Waals surface area contributed by atoms with Crippen LogP contribution in [-0.2, 0) is 27.9 Å². The zero-order valence-electron chi connectivity index (χ0n) is 21.3. The largest absolute Gasteiger partial charge is 0.472 e. The van der Waals surface area contributed by atoms with Crippen molar-refractivity contribution in [3.63, 3.8) is 0 Å². The first-order valence-electron chi connectivity index (χ1n) is 13.0. The van der Waals surface area contributed by atoms with Crippen molar-refractivity contribution < 1.29 is 37.9 Å². The van der Waals surface area contributed by atoms with Crippen LogP contribution in [0.5, 0.6) is 0 Å². The van der Waals surface area contributed by atoms with Gasteiger partial charge in [-0.15, -0.1) is 0 Å². The molecule has 0 spiro atoms. The molecule has 0 radical (unpaired) electrons. The molecule has 0 rings (SSSR count). The molecule has 0 aromatic heterocycles. The monoisotopic (exact) mass is 509 g/mol. The van der Waals surface area contributed by atoms with Gasteiger partial charge in [-0.2, -0.15) is 0 Å². The molecule has 0 bridgehead atoms. The van der Waals surface area contributed by atoms with Gasteiger partial charge in [0.2, 0.25) is 5.91 Å². The van der Waals surface area contributed by atoms with Crippen LogP contribution in [0.4, 0.5) is 0 Å². The number of hydrogen-bond donors (Lipinski definition) is 3. The van der Waals surface area contributed by atoms with E-state index < -0.39 is 26.5 Å². The van der Waals surface area contributed by atoms with Crippen LogP contribution in [-0.4, -0.2) is 54.3 Å². The summed E-state index contributed by atoms with van der Waals surface area (Å²) in [6.45, 7) is 3.32. The minimum absolute atomic E-state index is 0.0813. The Balaban J connectivity index is 3.68. The summed E-state index contributed by atoms with van der Waals surface area (Å²) in [4.78, 5) is 32.9. The number of ether oxygens (including phenoxy) is 1. The summed E-state index contributed by atoms with van der Waals surface area (Å²) < 4.78 is 26.3. The van der Waals surface area contributed by atoms with E-state index in [-0.39, 0.29) is 32.1 Å². The second-order valence-corrected chi connectivity index (χ2v) is 10.1. The minimum atomic E-state index is -4.37. The molecule has 3 N–H and O–H groups in total. The number of phosphoric ester groups is 1. The molecule has 10 heteroatoms. The van der Waals surface area contributed by atoms with Crippen molar-refractivity contribution in [2.75, 3.05) is 26.4 Å². The number of aliphatic hydroxyl groups is 1. The van der Waals surface area contributed by atoms with Crippen molar-refractivity contribution in [1.29, 1.82) is 0 Å². The Morgan fingerprint density at radius 1 is 0.794 bits per heavy atom. The second kappa shape index (κ2) is 22.5. The maximum atomic E-state index is 11.8. The van der Waals surface area contributed by atoms with Crippen molar-refractivity contribution in [3.05, 3.63) is 0 Å². The van der Waals surface area contributed by atoms with Crippen molar-refractivity contribution >= 4 is 19.7 Å². The van der Waals surface area contributed by atoms with Crippen molar-refractivity contribution in [2.24, 2.45) is 0 Å². The summed E-state index contributed by atoms with van der Waals surface area (Å²) in [5, 5.41) is 12.4. The van der Waals surface area contributed by atoms with Crippen LogP contribution in [0.25, 0.3) is 0 Å². The van der Waals surface area contributed by atoms with Crippen LogP contribution in [0, 0.1) is 0 Å². The predicted molar refractivity (Wildman–Crippen MR) is 132 cm³/mol. The molecule has 2 unspecified atom stereocenters. The number of hydrogen-bond acceptors (Lipinski definition) is 7. The number of esters is 1. The van der Waals surface area contributed by atoms with Gasteiger partial charge in [-0.25, -0.2) is 4.57 Å². The molecule has 2 atom stereocenters. The molecule has 0 aromatic rings.